The first-order valence-electron chi connectivity index (χ1n) is 8.49. The monoisotopic (exact) mass is 297 g/mol. The largest absolute Gasteiger partial charge is 0.395 e. The molecule has 0 aliphatic carbocycles. The molecule has 2 aliphatic rings. The van der Waals surface area contributed by atoms with Gasteiger partial charge in [-0.15, -0.1) is 0 Å². The molecule has 0 aromatic carbocycles. The molecule has 2 rings (SSSR count). The quantitative estimate of drug-likeness (QED) is 0.783. The molecule has 0 spiro atoms. The van der Waals surface area contributed by atoms with Gasteiger partial charge in [-0.1, -0.05) is 13.3 Å². The second kappa shape index (κ2) is 8.11. The van der Waals surface area contributed by atoms with E-state index in [1.807, 2.05) is 4.90 Å². The van der Waals surface area contributed by atoms with Gasteiger partial charge in [0, 0.05) is 12.6 Å². The number of nitrogens with one attached hydrogen (secondary N) is 1. The molecule has 0 aromatic rings. The Hall–Kier alpha value is -0.650. The minimum atomic E-state index is -0.0464. The fourth-order valence-electron chi connectivity index (χ4n) is 3.64. The normalized spacial score (nSPS) is 28.5. The summed E-state index contributed by atoms with van der Waals surface area (Å²) in [5.74, 6) is 0.866. The Morgan fingerprint density at radius 1 is 1.33 bits per heavy atom. The van der Waals surface area contributed by atoms with Crippen molar-refractivity contribution in [1.82, 2.24) is 15.1 Å². The van der Waals surface area contributed by atoms with Crippen LogP contribution in [-0.2, 0) is 4.79 Å². The third-order valence-corrected chi connectivity index (χ3v) is 5.14. The number of likely N-dealkylation sites (tertiary alicyclic amines) is 1. The summed E-state index contributed by atoms with van der Waals surface area (Å²) in [6.07, 6.45) is 5.32. The Morgan fingerprint density at radius 3 is 2.67 bits per heavy atom. The lowest BCUT2D eigenvalue weighted by Crippen LogP contribution is -2.55. The van der Waals surface area contributed by atoms with Gasteiger partial charge in [0.25, 0.3) is 0 Å². The topological polar surface area (TPSA) is 55.8 Å². The highest BCUT2D eigenvalue weighted by molar-refractivity contribution is 5.82. The third-order valence-electron chi connectivity index (χ3n) is 5.14. The Morgan fingerprint density at radius 2 is 2.05 bits per heavy atom. The van der Waals surface area contributed by atoms with Crippen molar-refractivity contribution in [1.29, 1.82) is 0 Å². The molecule has 0 radical (unpaired) electrons. The van der Waals surface area contributed by atoms with Gasteiger partial charge < -0.3 is 20.2 Å². The van der Waals surface area contributed by atoms with Crippen LogP contribution in [-0.4, -0.2) is 72.7 Å². The SMILES string of the molecule is CCC1CCNC(C(=O)N(CCO)C2CCN(C)CC2)C1. The van der Waals surface area contributed by atoms with E-state index in [1.54, 1.807) is 0 Å². The maximum atomic E-state index is 12.9. The Bertz CT molecular complexity index is 329. The van der Waals surface area contributed by atoms with Crippen molar-refractivity contribution >= 4 is 5.91 Å². The molecular weight excluding hydrogens is 266 g/mol. The first-order valence-corrected chi connectivity index (χ1v) is 8.49. The smallest absolute Gasteiger partial charge is 0.240 e. The van der Waals surface area contributed by atoms with E-state index in [1.165, 1.54) is 6.42 Å². The molecule has 5 nitrogen and oxygen atoms in total. The molecule has 5 heteroatoms. The first-order chi connectivity index (χ1) is 10.2. The number of amides is 1. The lowest BCUT2D eigenvalue weighted by Gasteiger charge is -2.40. The molecule has 0 aromatic heterocycles. The summed E-state index contributed by atoms with van der Waals surface area (Å²) in [5.41, 5.74) is 0. The van der Waals surface area contributed by atoms with E-state index < -0.39 is 0 Å². The van der Waals surface area contributed by atoms with E-state index in [9.17, 15) is 9.90 Å². The number of rotatable bonds is 5. The standard InChI is InChI=1S/C16H31N3O2/c1-3-13-4-7-17-15(12-13)16(21)19(10-11-20)14-5-8-18(2)9-6-14/h13-15,17,20H,3-12H2,1-2H3. The van der Waals surface area contributed by atoms with Crippen molar-refractivity contribution in [3.05, 3.63) is 0 Å². The second-order valence-corrected chi connectivity index (χ2v) is 6.60. The van der Waals surface area contributed by atoms with E-state index in [0.717, 1.165) is 45.3 Å². The highest BCUT2D eigenvalue weighted by Crippen LogP contribution is 2.23. The first kappa shape index (κ1) is 16.7. The van der Waals surface area contributed by atoms with Gasteiger partial charge in [-0.25, -0.2) is 0 Å². The Kier molecular flexibility index (Phi) is 6.45. The molecule has 2 heterocycles. The average molecular weight is 297 g/mol. The van der Waals surface area contributed by atoms with E-state index in [2.05, 4.69) is 24.2 Å². The number of carbonyl (C=O) groups excluding carboxylic acids is 1. The van der Waals surface area contributed by atoms with Crippen LogP contribution < -0.4 is 5.32 Å². The van der Waals surface area contributed by atoms with Gasteiger partial charge >= 0.3 is 0 Å². The molecule has 0 saturated carbocycles. The molecule has 2 fully saturated rings. The van der Waals surface area contributed by atoms with Crippen LogP contribution >= 0.6 is 0 Å². The summed E-state index contributed by atoms with van der Waals surface area (Å²) in [5, 5.41) is 12.7. The molecule has 122 valence electrons. The van der Waals surface area contributed by atoms with Gasteiger partial charge in [-0.2, -0.15) is 0 Å². The number of hydrogen-bond donors (Lipinski definition) is 2. The number of carbonyl (C=O) groups is 1. The van der Waals surface area contributed by atoms with Crippen LogP contribution in [0.1, 0.15) is 39.0 Å². The van der Waals surface area contributed by atoms with Gasteiger partial charge in [-0.3, -0.25) is 4.79 Å². The van der Waals surface area contributed by atoms with Crippen LogP contribution in [0.2, 0.25) is 0 Å². The fourth-order valence-corrected chi connectivity index (χ4v) is 3.64. The third kappa shape index (κ3) is 4.41. The van der Waals surface area contributed by atoms with Gasteiger partial charge in [0.15, 0.2) is 0 Å². The Balaban J connectivity index is 1.97. The minimum Gasteiger partial charge on any atom is -0.395 e. The highest BCUT2D eigenvalue weighted by atomic mass is 16.3. The van der Waals surface area contributed by atoms with Crippen LogP contribution in [0.5, 0.6) is 0 Å². The van der Waals surface area contributed by atoms with Crippen LogP contribution in [0.4, 0.5) is 0 Å². The molecule has 2 atom stereocenters. The number of hydrogen-bond acceptors (Lipinski definition) is 4. The summed E-state index contributed by atoms with van der Waals surface area (Å²) >= 11 is 0. The van der Waals surface area contributed by atoms with Crippen LogP contribution in [0.25, 0.3) is 0 Å². The summed E-state index contributed by atoms with van der Waals surface area (Å²) in [6, 6.07) is 0.250. The molecular formula is C16H31N3O2. The van der Waals surface area contributed by atoms with Gasteiger partial charge in [-0.05, 0) is 58.3 Å². The number of aliphatic hydroxyl groups excluding tert-OH is 1. The van der Waals surface area contributed by atoms with Crippen molar-refractivity contribution in [2.24, 2.45) is 5.92 Å². The molecule has 0 bridgehead atoms. The van der Waals surface area contributed by atoms with E-state index in [4.69, 9.17) is 0 Å². The van der Waals surface area contributed by atoms with Crippen molar-refractivity contribution in [3.63, 3.8) is 0 Å². The summed E-state index contributed by atoms with van der Waals surface area (Å²) in [4.78, 5) is 17.1. The zero-order valence-electron chi connectivity index (χ0n) is 13.6. The maximum Gasteiger partial charge on any atom is 0.240 e. The summed E-state index contributed by atoms with van der Waals surface area (Å²) < 4.78 is 0. The molecule has 2 saturated heterocycles. The molecule has 21 heavy (non-hydrogen) atoms. The van der Waals surface area contributed by atoms with Crippen molar-refractivity contribution in [2.75, 3.05) is 39.8 Å². The predicted octanol–water partition coefficient (Wildman–Crippen LogP) is 0.680. The van der Waals surface area contributed by atoms with E-state index in [-0.39, 0.29) is 18.6 Å². The molecule has 1 amide bonds. The zero-order valence-corrected chi connectivity index (χ0v) is 13.6. The Labute approximate surface area is 128 Å². The molecule has 2 unspecified atom stereocenters. The van der Waals surface area contributed by atoms with Crippen LogP contribution in [0, 0.1) is 5.92 Å². The van der Waals surface area contributed by atoms with Crippen LogP contribution in [0.15, 0.2) is 0 Å². The number of piperidine rings is 2. The summed E-state index contributed by atoms with van der Waals surface area (Å²) in [7, 11) is 2.13. The summed E-state index contributed by atoms with van der Waals surface area (Å²) in [6.45, 7) is 5.75. The average Bonchev–Trinajstić information content (AvgIpc) is 2.53. The predicted molar refractivity (Wildman–Crippen MR) is 84.1 cm³/mol. The fraction of sp³-hybridized carbons (Fsp3) is 0.938. The minimum absolute atomic E-state index is 0.0464. The van der Waals surface area contributed by atoms with Crippen molar-refractivity contribution in [2.45, 2.75) is 51.1 Å². The van der Waals surface area contributed by atoms with Gasteiger partial charge in [0.05, 0.1) is 12.6 Å². The number of aliphatic hydroxyl groups is 1. The lowest BCUT2D eigenvalue weighted by atomic mass is 9.89. The highest BCUT2D eigenvalue weighted by Gasteiger charge is 2.33. The molecule has 2 N–H and O–H groups in total. The zero-order chi connectivity index (χ0) is 15.2. The van der Waals surface area contributed by atoms with E-state index in [0.29, 0.717) is 18.5 Å². The van der Waals surface area contributed by atoms with Crippen molar-refractivity contribution < 1.29 is 9.90 Å². The lowest BCUT2D eigenvalue weighted by molar-refractivity contribution is -0.138. The number of nitrogens with zero attached hydrogens (tertiary/aromatic N) is 2. The second-order valence-electron chi connectivity index (χ2n) is 6.60. The van der Waals surface area contributed by atoms with Crippen molar-refractivity contribution in [3.8, 4) is 0 Å². The van der Waals surface area contributed by atoms with E-state index >= 15 is 0 Å². The van der Waals surface area contributed by atoms with Gasteiger partial charge in [0.1, 0.15) is 0 Å². The molecule has 2 aliphatic heterocycles. The van der Waals surface area contributed by atoms with Crippen LogP contribution in [0.3, 0.4) is 0 Å². The maximum absolute atomic E-state index is 12.9. The van der Waals surface area contributed by atoms with Gasteiger partial charge in [0.2, 0.25) is 5.91 Å².